The second-order valence-electron chi connectivity index (χ2n) is 6.81. The Morgan fingerprint density at radius 1 is 1.41 bits per heavy atom. The van der Waals surface area contributed by atoms with E-state index in [1.807, 2.05) is 24.9 Å². The molecule has 4 nitrogen and oxygen atoms in total. The Balaban J connectivity index is 2.80. The van der Waals surface area contributed by atoms with Crippen molar-refractivity contribution >= 4 is 23.2 Å². The lowest BCUT2D eigenvalue weighted by molar-refractivity contribution is -0.117. The number of nitrogens with one attached hydrogen (secondary N) is 1. The fourth-order valence-corrected chi connectivity index (χ4v) is 2.30. The van der Waals surface area contributed by atoms with Gasteiger partial charge in [-0.1, -0.05) is 32.4 Å². The lowest BCUT2D eigenvalue weighted by Gasteiger charge is -2.34. The van der Waals surface area contributed by atoms with Gasteiger partial charge in [0.15, 0.2) is 0 Å². The lowest BCUT2D eigenvalue weighted by Crippen LogP contribution is -2.43. The minimum Gasteiger partial charge on any atom is -0.495 e. The number of aryl methyl sites for hydroxylation is 1. The topological polar surface area (TPSA) is 41.6 Å². The van der Waals surface area contributed by atoms with Gasteiger partial charge in [0.25, 0.3) is 0 Å². The number of methoxy groups -OCH3 is 1. The van der Waals surface area contributed by atoms with Gasteiger partial charge >= 0.3 is 0 Å². The van der Waals surface area contributed by atoms with Crippen molar-refractivity contribution in [2.24, 2.45) is 5.41 Å². The second-order valence-corrected chi connectivity index (χ2v) is 7.21. The van der Waals surface area contributed by atoms with E-state index in [2.05, 4.69) is 33.0 Å². The van der Waals surface area contributed by atoms with Gasteiger partial charge < -0.3 is 10.1 Å². The van der Waals surface area contributed by atoms with Crippen LogP contribution in [0.15, 0.2) is 12.1 Å². The van der Waals surface area contributed by atoms with E-state index in [9.17, 15) is 4.79 Å². The standard InChI is InChI=1S/C17H27ClN2O2/c1-11-8-14(15(22-7)9-13(11)18)19-16(21)10-20(6)12(2)17(3,4)5/h8-9,12H,10H2,1-7H3,(H,19,21). The lowest BCUT2D eigenvalue weighted by atomic mass is 9.87. The summed E-state index contributed by atoms with van der Waals surface area (Å²) < 4.78 is 5.28. The molecular weight excluding hydrogens is 300 g/mol. The summed E-state index contributed by atoms with van der Waals surface area (Å²) >= 11 is 6.08. The molecule has 1 aromatic carbocycles. The summed E-state index contributed by atoms with van der Waals surface area (Å²) in [5, 5.41) is 3.52. The first-order chi connectivity index (χ1) is 10.1. The Kier molecular flexibility index (Phi) is 6.27. The van der Waals surface area contributed by atoms with Crippen LogP contribution >= 0.6 is 11.6 Å². The van der Waals surface area contributed by atoms with Gasteiger partial charge in [0.2, 0.25) is 5.91 Å². The molecule has 1 amide bonds. The molecule has 1 unspecified atom stereocenters. The Morgan fingerprint density at radius 3 is 2.50 bits per heavy atom. The molecule has 1 rings (SSSR count). The molecule has 124 valence electrons. The van der Waals surface area contributed by atoms with E-state index in [0.29, 0.717) is 23.0 Å². The quantitative estimate of drug-likeness (QED) is 0.890. The van der Waals surface area contributed by atoms with Crippen molar-refractivity contribution in [1.29, 1.82) is 0 Å². The highest BCUT2D eigenvalue weighted by molar-refractivity contribution is 6.31. The minimum absolute atomic E-state index is 0.0707. The average molecular weight is 327 g/mol. The van der Waals surface area contributed by atoms with E-state index >= 15 is 0 Å². The highest BCUT2D eigenvalue weighted by Crippen LogP contribution is 2.31. The zero-order valence-corrected chi connectivity index (χ0v) is 15.3. The fourth-order valence-electron chi connectivity index (χ4n) is 2.14. The second kappa shape index (κ2) is 7.34. The van der Waals surface area contributed by atoms with Gasteiger partial charge in [0.05, 0.1) is 19.3 Å². The van der Waals surface area contributed by atoms with E-state index in [1.54, 1.807) is 13.2 Å². The molecule has 0 aliphatic carbocycles. The molecule has 22 heavy (non-hydrogen) atoms. The van der Waals surface area contributed by atoms with Crippen LogP contribution in [-0.4, -0.2) is 37.6 Å². The van der Waals surface area contributed by atoms with Crippen LogP contribution in [0.1, 0.15) is 33.3 Å². The summed E-state index contributed by atoms with van der Waals surface area (Å²) in [5.41, 5.74) is 1.66. The normalized spacial score (nSPS) is 13.1. The third-order valence-electron chi connectivity index (χ3n) is 4.06. The highest BCUT2D eigenvalue weighted by atomic mass is 35.5. The van der Waals surface area contributed by atoms with Crippen molar-refractivity contribution in [3.05, 3.63) is 22.7 Å². The maximum Gasteiger partial charge on any atom is 0.238 e. The van der Waals surface area contributed by atoms with Gasteiger partial charge in [-0.2, -0.15) is 0 Å². The van der Waals surface area contributed by atoms with Gasteiger partial charge in [-0.15, -0.1) is 0 Å². The minimum atomic E-state index is -0.0707. The molecule has 0 saturated carbocycles. The zero-order valence-electron chi connectivity index (χ0n) is 14.6. The predicted molar refractivity (Wildman–Crippen MR) is 92.9 cm³/mol. The molecule has 0 aliphatic rings. The third-order valence-corrected chi connectivity index (χ3v) is 4.47. The molecule has 0 aromatic heterocycles. The maximum atomic E-state index is 12.3. The van der Waals surface area contributed by atoms with Crippen LogP contribution in [0.2, 0.25) is 5.02 Å². The first-order valence-electron chi connectivity index (χ1n) is 7.40. The van der Waals surface area contributed by atoms with Crippen molar-refractivity contribution in [1.82, 2.24) is 4.90 Å². The summed E-state index contributed by atoms with van der Waals surface area (Å²) in [4.78, 5) is 14.3. The summed E-state index contributed by atoms with van der Waals surface area (Å²) in [6.45, 7) is 10.8. The summed E-state index contributed by atoms with van der Waals surface area (Å²) in [7, 11) is 3.52. The zero-order chi connectivity index (χ0) is 17.1. The molecule has 1 N–H and O–H groups in total. The summed E-state index contributed by atoms with van der Waals surface area (Å²) in [5.74, 6) is 0.495. The highest BCUT2D eigenvalue weighted by Gasteiger charge is 2.25. The Morgan fingerprint density at radius 2 is 2.00 bits per heavy atom. The number of amides is 1. The van der Waals surface area contributed by atoms with E-state index in [0.717, 1.165) is 5.56 Å². The molecule has 0 aliphatic heterocycles. The first kappa shape index (κ1) is 18.8. The van der Waals surface area contributed by atoms with Crippen molar-refractivity contribution in [3.63, 3.8) is 0 Å². The summed E-state index contributed by atoms with van der Waals surface area (Å²) in [6, 6.07) is 3.83. The Labute approximate surface area is 138 Å². The van der Waals surface area contributed by atoms with Gasteiger partial charge in [-0.05, 0) is 37.9 Å². The van der Waals surface area contributed by atoms with Crippen LogP contribution < -0.4 is 10.1 Å². The molecule has 0 radical (unpaired) electrons. The average Bonchev–Trinajstić information content (AvgIpc) is 2.40. The number of benzene rings is 1. The molecule has 1 aromatic rings. The van der Waals surface area contributed by atoms with Crippen molar-refractivity contribution < 1.29 is 9.53 Å². The van der Waals surface area contributed by atoms with E-state index in [4.69, 9.17) is 16.3 Å². The van der Waals surface area contributed by atoms with E-state index in [1.165, 1.54) is 0 Å². The number of carbonyl (C=O) groups is 1. The number of rotatable bonds is 5. The Bertz CT molecular complexity index is 538. The van der Waals surface area contributed by atoms with Crippen LogP contribution in [0.4, 0.5) is 5.69 Å². The fraction of sp³-hybridized carbons (Fsp3) is 0.588. The van der Waals surface area contributed by atoms with Crippen molar-refractivity contribution in [2.75, 3.05) is 26.0 Å². The van der Waals surface area contributed by atoms with E-state index in [-0.39, 0.29) is 17.4 Å². The first-order valence-corrected chi connectivity index (χ1v) is 7.78. The van der Waals surface area contributed by atoms with Crippen molar-refractivity contribution in [2.45, 2.75) is 40.7 Å². The van der Waals surface area contributed by atoms with Crippen LogP contribution in [0.5, 0.6) is 5.75 Å². The van der Waals surface area contributed by atoms with Crippen LogP contribution in [0.3, 0.4) is 0 Å². The molecule has 1 atom stereocenters. The van der Waals surface area contributed by atoms with E-state index < -0.39 is 0 Å². The SMILES string of the molecule is COc1cc(Cl)c(C)cc1NC(=O)CN(C)C(C)C(C)(C)C. The number of halogens is 1. The summed E-state index contributed by atoms with van der Waals surface area (Å²) in [6.07, 6.45) is 0. The molecule has 0 heterocycles. The van der Waals surface area contributed by atoms with Gasteiger partial charge in [0, 0.05) is 17.1 Å². The number of carbonyl (C=O) groups excluding carboxylic acids is 1. The molecule has 0 spiro atoms. The molecule has 0 bridgehead atoms. The van der Waals surface area contributed by atoms with Crippen LogP contribution in [0, 0.1) is 12.3 Å². The molecule has 5 heteroatoms. The van der Waals surface area contributed by atoms with Gasteiger partial charge in [0.1, 0.15) is 5.75 Å². The smallest absolute Gasteiger partial charge is 0.238 e. The third kappa shape index (κ3) is 4.89. The number of ether oxygens (including phenoxy) is 1. The number of hydrogen-bond acceptors (Lipinski definition) is 3. The molecule has 0 fully saturated rings. The largest absolute Gasteiger partial charge is 0.495 e. The van der Waals surface area contributed by atoms with Crippen LogP contribution in [0.25, 0.3) is 0 Å². The Hall–Kier alpha value is -1.26. The van der Waals surface area contributed by atoms with Gasteiger partial charge in [-0.25, -0.2) is 0 Å². The number of likely N-dealkylation sites (N-methyl/N-ethyl adjacent to an activating group) is 1. The van der Waals surface area contributed by atoms with Crippen molar-refractivity contribution in [3.8, 4) is 5.75 Å². The molecular formula is C17H27ClN2O2. The van der Waals surface area contributed by atoms with Gasteiger partial charge in [-0.3, -0.25) is 9.69 Å². The number of nitrogens with zero attached hydrogens (tertiary/aromatic N) is 1. The van der Waals surface area contributed by atoms with Crippen LogP contribution in [-0.2, 0) is 4.79 Å². The maximum absolute atomic E-state index is 12.3. The monoisotopic (exact) mass is 326 g/mol. The number of hydrogen-bond donors (Lipinski definition) is 1. The number of anilines is 1. The molecule has 0 saturated heterocycles. The predicted octanol–water partition coefficient (Wildman–Crippen LogP) is 3.96.